The fourth-order valence-electron chi connectivity index (χ4n) is 3.68. The highest BCUT2D eigenvalue weighted by molar-refractivity contribution is 6.30. The zero-order valence-corrected chi connectivity index (χ0v) is 18.9. The normalized spacial score (nSPS) is 12.7. The summed E-state index contributed by atoms with van der Waals surface area (Å²) in [6.07, 6.45) is 4.50. The summed E-state index contributed by atoms with van der Waals surface area (Å²) in [7, 11) is 0. The van der Waals surface area contributed by atoms with Crippen LogP contribution in [0, 0.1) is 5.92 Å². The van der Waals surface area contributed by atoms with E-state index in [2.05, 4.69) is 38.3 Å². The Kier molecular flexibility index (Phi) is 7.33. The van der Waals surface area contributed by atoms with E-state index in [0.717, 1.165) is 35.4 Å². The average Bonchev–Trinajstić information content (AvgIpc) is 3.10. The highest BCUT2D eigenvalue weighted by Gasteiger charge is 2.25. The van der Waals surface area contributed by atoms with Crippen molar-refractivity contribution in [2.24, 2.45) is 5.92 Å². The Morgan fingerprint density at radius 2 is 1.83 bits per heavy atom. The fraction of sp³-hybridized carbons (Fsp3) is 0.360. The number of carbonyl (C=O) groups excluding carboxylic acids is 1. The molecule has 3 rings (SSSR count). The smallest absolute Gasteiger partial charge is 0.247 e. The van der Waals surface area contributed by atoms with Crippen molar-refractivity contribution in [2.45, 2.75) is 46.7 Å². The molecule has 3 aromatic rings. The molecule has 0 saturated carbocycles. The zero-order valence-electron chi connectivity index (χ0n) is 18.2. The molecule has 0 saturated heterocycles. The molecule has 0 aliphatic heterocycles. The minimum Gasteiger partial charge on any atom is -0.329 e. The Labute approximate surface area is 184 Å². The molecular weight excluding hydrogens is 394 g/mol. The van der Waals surface area contributed by atoms with E-state index in [4.69, 9.17) is 16.6 Å². The van der Waals surface area contributed by atoms with Gasteiger partial charge in [0.15, 0.2) is 0 Å². The highest BCUT2D eigenvalue weighted by Crippen LogP contribution is 2.26. The molecule has 0 bridgehead atoms. The van der Waals surface area contributed by atoms with E-state index < -0.39 is 0 Å². The number of rotatable bonds is 8. The van der Waals surface area contributed by atoms with Gasteiger partial charge in [-0.15, -0.1) is 0 Å². The third kappa shape index (κ3) is 5.11. The second-order valence-electron chi connectivity index (χ2n) is 8.06. The van der Waals surface area contributed by atoms with E-state index in [9.17, 15) is 4.79 Å². The van der Waals surface area contributed by atoms with Crippen LogP contribution >= 0.6 is 11.6 Å². The summed E-state index contributed by atoms with van der Waals surface area (Å²) < 4.78 is 2.25. The standard InChI is InChI=1S/C25H30ClN3O/c1-5-16-28-23-9-7-6-8-22(23)27-25(28)19(4)29(17-18(2)3)24(30)15-12-20-10-13-21(26)14-11-20/h6-15,18-19H,5,16-17H2,1-4H3. The SMILES string of the molecule is CCCn1c(C(C)N(CC(C)C)C(=O)C=Cc2ccc(Cl)cc2)nc2ccccc21. The van der Waals surface area contributed by atoms with E-state index in [1.807, 2.05) is 53.4 Å². The molecule has 4 nitrogen and oxygen atoms in total. The Balaban J connectivity index is 1.93. The molecular formula is C25H30ClN3O. The van der Waals surface area contributed by atoms with Gasteiger partial charge >= 0.3 is 0 Å². The van der Waals surface area contributed by atoms with Crippen molar-refractivity contribution in [3.8, 4) is 0 Å². The van der Waals surface area contributed by atoms with Crippen molar-refractivity contribution in [2.75, 3.05) is 6.54 Å². The average molecular weight is 424 g/mol. The van der Waals surface area contributed by atoms with Gasteiger partial charge in [-0.1, -0.05) is 56.6 Å². The molecule has 0 aliphatic carbocycles. The van der Waals surface area contributed by atoms with Crippen molar-refractivity contribution in [1.82, 2.24) is 14.5 Å². The Bertz CT molecular complexity index is 1020. The largest absolute Gasteiger partial charge is 0.329 e. The molecule has 2 aromatic carbocycles. The van der Waals surface area contributed by atoms with Gasteiger partial charge in [-0.2, -0.15) is 0 Å². The van der Waals surface area contributed by atoms with Gasteiger partial charge in [-0.05, 0) is 55.2 Å². The van der Waals surface area contributed by atoms with E-state index in [0.29, 0.717) is 17.5 Å². The van der Waals surface area contributed by atoms with Crippen molar-refractivity contribution in [1.29, 1.82) is 0 Å². The lowest BCUT2D eigenvalue weighted by atomic mass is 10.1. The van der Waals surface area contributed by atoms with Gasteiger partial charge in [-0.25, -0.2) is 4.98 Å². The van der Waals surface area contributed by atoms with Crippen LogP contribution in [0.5, 0.6) is 0 Å². The number of nitrogens with zero attached hydrogens (tertiary/aromatic N) is 3. The number of carbonyl (C=O) groups is 1. The summed E-state index contributed by atoms with van der Waals surface area (Å²) in [5, 5.41) is 0.684. The van der Waals surface area contributed by atoms with Crippen molar-refractivity contribution in [3.05, 3.63) is 71.0 Å². The van der Waals surface area contributed by atoms with Gasteiger partial charge in [0.05, 0.1) is 17.1 Å². The van der Waals surface area contributed by atoms with Crippen LogP contribution in [0.3, 0.4) is 0 Å². The van der Waals surface area contributed by atoms with Crippen LogP contribution in [0.1, 0.15) is 51.5 Å². The number of aromatic nitrogens is 2. The molecule has 0 aliphatic rings. The first-order valence-electron chi connectivity index (χ1n) is 10.6. The van der Waals surface area contributed by atoms with Crippen LogP contribution in [0.2, 0.25) is 5.02 Å². The van der Waals surface area contributed by atoms with Crippen LogP contribution in [0.25, 0.3) is 17.1 Å². The summed E-state index contributed by atoms with van der Waals surface area (Å²) >= 11 is 5.96. The third-order valence-corrected chi connectivity index (χ3v) is 5.36. The number of hydrogen-bond acceptors (Lipinski definition) is 2. The monoisotopic (exact) mass is 423 g/mol. The summed E-state index contributed by atoms with van der Waals surface area (Å²) in [6.45, 7) is 10.0. The molecule has 1 unspecified atom stereocenters. The first-order chi connectivity index (χ1) is 14.4. The number of aryl methyl sites for hydroxylation is 1. The minimum atomic E-state index is -0.131. The second kappa shape index (κ2) is 9.94. The van der Waals surface area contributed by atoms with Crippen molar-refractivity contribution < 1.29 is 4.79 Å². The maximum absolute atomic E-state index is 13.2. The summed E-state index contributed by atoms with van der Waals surface area (Å²) in [5.74, 6) is 1.28. The van der Waals surface area contributed by atoms with E-state index >= 15 is 0 Å². The third-order valence-electron chi connectivity index (χ3n) is 5.11. The van der Waals surface area contributed by atoms with Gasteiger partial charge in [0.1, 0.15) is 5.82 Å². The topological polar surface area (TPSA) is 38.1 Å². The predicted molar refractivity (Wildman–Crippen MR) is 125 cm³/mol. The number of para-hydroxylation sites is 2. The number of imidazole rings is 1. The van der Waals surface area contributed by atoms with Gasteiger partial charge in [0.2, 0.25) is 5.91 Å². The lowest BCUT2D eigenvalue weighted by molar-refractivity contribution is -0.128. The molecule has 0 spiro atoms. The molecule has 0 fully saturated rings. The van der Waals surface area contributed by atoms with Crippen LogP contribution in [0.15, 0.2) is 54.6 Å². The molecule has 5 heteroatoms. The number of halogens is 1. The Hall–Kier alpha value is -2.59. The fourth-order valence-corrected chi connectivity index (χ4v) is 3.81. The number of amides is 1. The molecule has 1 amide bonds. The van der Waals surface area contributed by atoms with Gasteiger partial charge in [0, 0.05) is 24.2 Å². The van der Waals surface area contributed by atoms with E-state index in [1.165, 1.54) is 0 Å². The van der Waals surface area contributed by atoms with Gasteiger partial charge < -0.3 is 9.47 Å². The minimum absolute atomic E-state index is 0.0127. The van der Waals surface area contributed by atoms with Crippen LogP contribution in [-0.2, 0) is 11.3 Å². The second-order valence-corrected chi connectivity index (χ2v) is 8.49. The first-order valence-corrected chi connectivity index (χ1v) is 11.0. The number of fused-ring (bicyclic) bond motifs is 1. The molecule has 1 aromatic heterocycles. The maximum Gasteiger partial charge on any atom is 0.247 e. The molecule has 158 valence electrons. The van der Waals surface area contributed by atoms with Crippen LogP contribution in [0.4, 0.5) is 0 Å². The van der Waals surface area contributed by atoms with E-state index in [-0.39, 0.29) is 11.9 Å². The first kappa shape index (κ1) is 22.1. The molecule has 30 heavy (non-hydrogen) atoms. The lowest BCUT2D eigenvalue weighted by Gasteiger charge is -2.30. The maximum atomic E-state index is 13.2. The summed E-state index contributed by atoms with van der Waals surface area (Å²) in [4.78, 5) is 20.0. The molecule has 0 N–H and O–H groups in total. The molecule has 1 heterocycles. The summed E-state index contributed by atoms with van der Waals surface area (Å²) in [5.41, 5.74) is 3.04. The van der Waals surface area contributed by atoms with Gasteiger partial charge in [-0.3, -0.25) is 4.79 Å². The number of hydrogen-bond donors (Lipinski definition) is 0. The Morgan fingerprint density at radius 3 is 2.50 bits per heavy atom. The molecule has 0 radical (unpaired) electrons. The highest BCUT2D eigenvalue weighted by atomic mass is 35.5. The van der Waals surface area contributed by atoms with Gasteiger partial charge in [0.25, 0.3) is 0 Å². The van der Waals surface area contributed by atoms with Crippen molar-refractivity contribution >= 4 is 34.6 Å². The van der Waals surface area contributed by atoms with Crippen molar-refractivity contribution in [3.63, 3.8) is 0 Å². The Morgan fingerprint density at radius 1 is 1.13 bits per heavy atom. The van der Waals surface area contributed by atoms with Crippen LogP contribution in [-0.4, -0.2) is 26.9 Å². The van der Waals surface area contributed by atoms with Crippen LogP contribution < -0.4 is 0 Å². The quantitative estimate of drug-likeness (QED) is 0.395. The van der Waals surface area contributed by atoms with E-state index in [1.54, 1.807) is 6.08 Å². The lowest BCUT2D eigenvalue weighted by Crippen LogP contribution is -2.36. The summed E-state index contributed by atoms with van der Waals surface area (Å²) in [6, 6.07) is 15.5. The molecule has 1 atom stereocenters. The zero-order chi connectivity index (χ0) is 21.7. The number of benzene rings is 2. The predicted octanol–water partition coefficient (Wildman–Crippen LogP) is 6.36.